The fraction of sp³-hybridized carbons (Fsp3) is 0.214. The number of hydrogen-bond donors (Lipinski definition) is 3. The van der Waals surface area contributed by atoms with Crippen molar-refractivity contribution in [1.82, 2.24) is 15.2 Å². The zero-order valence-corrected chi connectivity index (χ0v) is 11.7. The molecule has 0 fully saturated rings. The van der Waals surface area contributed by atoms with Crippen molar-refractivity contribution in [3.05, 3.63) is 41.1 Å². The van der Waals surface area contributed by atoms with Crippen molar-refractivity contribution < 1.29 is 9.90 Å². The molecule has 0 saturated carbocycles. The lowest BCUT2D eigenvalue weighted by Crippen LogP contribution is -2.32. The molecule has 7 heteroatoms. The molecule has 0 aliphatic carbocycles. The number of anilines is 1. The van der Waals surface area contributed by atoms with E-state index in [1.165, 1.54) is 10.7 Å². The SMILES string of the molecule is Cc1nn(C)c(NNC(=O)Cc2ccccc2O)c1C#N. The van der Waals surface area contributed by atoms with Gasteiger partial charge in [0.2, 0.25) is 5.91 Å². The third kappa shape index (κ3) is 3.12. The number of hydrazine groups is 1. The Kier molecular flexibility index (Phi) is 4.09. The minimum Gasteiger partial charge on any atom is -0.508 e. The first kappa shape index (κ1) is 14.4. The van der Waals surface area contributed by atoms with Gasteiger partial charge in [0.05, 0.1) is 12.1 Å². The fourth-order valence-electron chi connectivity index (χ4n) is 1.94. The van der Waals surface area contributed by atoms with Crippen LogP contribution in [0.3, 0.4) is 0 Å². The Balaban J connectivity index is 2.03. The maximum Gasteiger partial charge on any atom is 0.242 e. The Morgan fingerprint density at radius 3 is 2.86 bits per heavy atom. The molecule has 21 heavy (non-hydrogen) atoms. The summed E-state index contributed by atoms with van der Waals surface area (Å²) in [4.78, 5) is 11.9. The molecule has 0 radical (unpaired) electrons. The van der Waals surface area contributed by atoms with E-state index in [2.05, 4.69) is 16.0 Å². The summed E-state index contributed by atoms with van der Waals surface area (Å²) in [5, 5.41) is 22.8. The van der Waals surface area contributed by atoms with Gasteiger partial charge in [-0.25, -0.2) is 0 Å². The minimum atomic E-state index is -0.334. The van der Waals surface area contributed by atoms with Gasteiger partial charge >= 0.3 is 0 Å². The number of carbonyl (C=O) groups is 1. The number of para-hydroxylation sites is 1. The Bertz CT molecular complexity index is 715. The standard InChI is InChI=1S/C14H15N5O2/c1-9-11(8-15)14(19(2)18-9)17-16-13(21)7-10-5-3-4-6-12(10)20/h3-6,17,20H,7H2,1-2H3,(H,16,21). The lowest BCUT2D eigenvalue weighted by Gasteiger charge is -2.09. The average Bonchev–Trinajstić information content (AvgIpc) is 2.72. The van der Waals surface area contributed by atoms with Crippen LogP contribution in [0.15, 0.2) is 24.3 Å². The first-order chi connectivity index (χ1) is 10.0. The van der Waals surface area contributed by atoms with Crippen molar-refractivity contribution >= 4 is 11.7 Å². The van der Waals surface area contributed by atoms with Gasteiger partial charge in [0.1, 0.15) is 17.4 Å². The second-order valence-corrected chi connectivity index (χ2v) is 4.52. The normalized spacial score (nSPS) is 9.95. The number of phenols is 1. The molecule has 0 atom stereocenters. The number of rotatable bonds is 4. The molecule has 7 nitrogen and oxygen atoms in total. The Morgan fingerprint density at radius 1 is 1.48 bits per heavy atom. The summed E-state index contributed by atoms with van der Waals surface area (Å²) >= 11 is 0. The summed E-state index contributed by atoms with van der Waals surface area (Å²) in [7, 11) is 1.67. The smallest absolute Gasteiger partial charge is 0.242 e. The van der Waals surface area contributed by atoms with Gasteiger partial charge in [0, 0.05) is 12.6 Å². The highest BCUT2D eigenvalue weighted by atomic mass is 16.3. The molecular formula is C14H15N5O2. The molecule has 2 rings (SSSR count). The number of nitriles is 1. The lowest BCUT2D eigenvalue weighted by molar-refractivity contribution is -0.120. The lowest BCUT2D eigenvalue weighted by atomic mass is 10.1. The summed E-state index contributed by atoms with van der Waals surface area (Å²) in [5.74, 6) is 0.154. The highest BCUT2D eigenvalue weighted by Crippen LogP contribution is 2.17. The zero-order valence-electron chi connectivity index (χ0n) is 11.7. The highest BCUT2D eigenvalue weighted by Gasteiger charge is 2.14. The highest BCUT2D eigenvalue weighted by molar-refractivity contribution is 5.80. The van der Waals surface area contributed by atoms with E-state index >= 15 is 0 Å². The molecule has 0 spiro atoms. The second-order valence-electron chi connectivity index (χ2n) is 4.52. The number of aromatic nitrogens is 2. The molecule has 0 aliphatic rings. The third-order valence-corrected chi connectivity index (χ3v) is 3.00. The molecule has 1 aromatic carbocycles. The van der Waals surface area contributed by atoms with E-state index in [0.29, 0.717) is 22.6 Å². The first-order valence-corrected chi connectivity index (χ1v) is 6.28. The molecule has 0 aliphatic heterocycles. The van der Waals surface area contributed by atoms with Crippen molar-refractivity contribution in [2.45, 2.75) is 13.3 Å². The van der Waals surface area contributed by atoms with Crippen LogP contribution in [-0.2, 0) is 18.3 Å². The molecule has 2 aromatic rings. The molecule has 108 valence electrons. The van der Waals surface area contributed by atoms with Crippen molar-refractivity contribution in [2.24, 2.45) is 7.05 Å². The van der Waals surface area contributed by atoms with Crippen LogP contribution in [0.1, 0.15) is 16.8 Å². The third-order valence-electron chi connectivity index (χ3n) is 3.00. The summed E-state index contributed by atoms with van der Waals surface area (Å²) in [6.45, 7) is 1.72. The number of aromatic hydroxyl groups is 1. The quantitative estimate of drug-likeness (QED) is 0.727. The van der Waals surface area contributed by atoms with Crippen molar-refractivity contribution in [2.75, 3.05) is 5.43 Å². The predicted octanol–water partition coefficient (Wildman–Crippen LogP) is 0.992. The van der Waals surface area contributed by atoms with E-state index in [0.717, 1.165) is 0 Å². The van der Waals surface area contributed by atoms with Crippen molar-refractivity contribution in [1.29, 1.82) is 5.26 Å². The monoisotopic (exact) mass is 285 g/mol. The van der Waals surface area contributed by atoms with Crippen molar-refractivity contribution in [3.63, 3.8) is 0 Å². The van der Waals surface area contributed by atoms with Crippen LogP contribution in [0, 0.1) is 18.3 Å². The number of aryl methyl sites for hydroxylation is 2. The van der Waals surface area contributed by atoms with Gasteiger partial charge in [0.15, 0.2) is 5.82 Å². The summed E-state index contributed by atoms with van der Waals surface area (Å²) < 4.78 is 1.48. The van der Waals surface area contributed by atoms with Crippen LogP contribution >= 0.6 is 0 Å². The maximum atomic E-state index is 11.9. The molecule has 1 aromatic heterocycles. The fourth-order valence-corrected chi connectivity index (χ4v) is 1.94. The molecule has 0 saturated heterocycles. The minimum absolute atomic E-state index is 0.0262. The van der Waals surface area contributed by atoms with Crippen LogP contribution < -0.4 is 10.9 Å². The van der Waals surface area contributed by atoms with E-state index in [-0.39, 0.29) is 18.1 Å². The zero-order chi connectivity index (χ0) is 15.4. The van der Waals surface area contributed by atoms with Crippen LogP contribution in [-0.4, -0.2) is 20.8 Å². The van der Waals surface area contributed by atoms with Crippen LogP contribution in [0.5, 0.6) is 5.75 Å². The Morgan fingerprint density at radius 2 is 2.19 bits per heavy atom. The number of amides is 1. The van der Waals surface area contributed by atoms with E-state index in [1.807, 2.05) is 6.07 Å². The topological polar surface area (TPSA) is 103 Å². The number of nitrogens with zero attached hydrogens (tertiary/aromatic N) is 3. The Labute approximate surface area is 121 Å². The number of hydrogen-bond acceptors (Lipinski definition) is 5. The van der Waals surface area contributed by atoms with E-state index < -0.39 is 0 Å². The maximum absolute atomic E-state index is 11.9. The average molecular weight is 285 g/mol. The molecule has 1 heterocycles. The number of carbonyl (C=O) groups excluding carboxylic acids is 1. The van der Waals surface area contributed by atoms with Gasteiger partial charge in [-0.05, 0) is 13.0 Å². The van der Waals surface area contributed by atoms with E-state index in [1.54, 1.807) is 32.2 Å². The van der Waals surface area contributed by atoms with Gasteiger partial charge in [-0.15, -0.1) is 0 Å². The molecule has 1 amide bonds. The summed E-state index contributed by atoms with van der Waals surface area (Å²) in [6, 6.07) is 8.65. The Hall–Kier alpha value is -3.01. The molecule has 0 bridgehead atoms. The number of nitrogens with one attached hydrogen (secondary N) is 2. The van der Waals surface area contributed by atoms with Crippen LogP contribution in [0.2, 0.25) is 0 Å². The van der Waals surface area contributed by atoms with Gasteiger partial charge in [-0.1, -0.05) is 18.2 Å². The van der Waals surface area contributed by atoms with Gasteiger partial charge < -0.3 is 5.11 Å². The van der Waals surface area contributed by atoms with E-state index in [9.17, 15) is 9.90 Å². The second kappa shape index (κ2) is 5.96. The van der Waals surface area contributed by atoms with Crippen LogP contribution in [0.25, 0.3) is 0 Å². The summed E-state index contributed by atoms with van der Waals surface area (Å²) in [5.41, 5.74) is 6.66. The van der Waals surface area contributed by atoms with Crippen LogP contribution in [0.4, 0.5) is 5.82 Å². The summed E-state index contributed by atoms with van der Waals surface area (Å²) in [6.07, 6.45) is 0.0262. The van der Waals surface area contributed by atoms with Gasteiger partial charge in [-0.3, -0.25) is 20.3 Å². The number of phenolic OH excluding ortho intramolecular Hbond substituents is 1. The van der Waals surface area contributed by atoms with Gasteiger partial charge in [0.25, 0.3) is 0 Å². The molecule has 0 unspecified atom stereocenters. The molecule has 3 N–H and O–H groups in total. The van der Waals surface area contributed by atoms with E-state index in [4.69, 9.17) is 5.26 Å². The largest absolute Gasteiger partial charge is 0.508 e. The van der Waals surface area contributed by atoms with Gasteiger partial charge in [-0.2, -0.15) is 10.4 Å². The predicted molar refractivity (Wildman–Crippen MR) is 76.2 cm³/mol. The van der Waals surface area contributed by atoms with Crippen molar-refractivity contribution in [3.8, 4) is 11.8 Å². The first-order valence-electron chi connectivity index (χ1n) is 6.28. The molecular weight excluding hydrogens is 270 g/mol. The number of benzene rings is 1.